The van der Waals surface area contributed by atoms with E-state index in [1.807, 2.05) is 38.1 Å². The van der Waals surface area contributed by atoms with Crippen LogP contribution in [-0.2, 0) is 19.5 Å². The van der Waals surface area contributed by atoms with Gasteiger partial charge in [-0.2, -0.15) is 0 Å². The Morgan fingerprint density at radius 1 is 1.19 bits per heavy atom. The number of hydrogen-bond acceptors (Lipinski definition) is 2. The molecule has 134 valence electrons. The topological polar surface area (TPSA) is 40.5 Å². The molecular formula is C22H22FNO2. The molecule has 2 aliphatic rings. The Kier molecular flexibility index (Phi) is 4.06. The van der Waals surface area contributed by atoms with Crippen molar-refractivity contribution < 1.29 is 14.3 Å². The number of aromatic hydroxyl groups is 1. The predicted molar refractivity (Wildman–Crippen MR) is 99.6 cm³/mol. The number of rotatable bonds is 2. The summed E-state index contributed by atoms with van der Waals surface area (Å²) in [6.45, 7) is 5.16. The van der Waals surface area contributed by atoms with E-state index in [4.69, 9.17) is 0 Å². The van der Waals surface area contributed by atoms with Crippen molar-refractivity contribution in [3.63, 3.8) is 0 Å². The molecule has 0 atom stereocenters. The summed E-state index contributed by atoms with van der Waals surface area (Å²) in [7, 11) is 0. The number of allylic oxidation sites excluding steroid dienone is 1. The van der Waals surface area contributed by atoms with Crippen LogP contribution < -0.4 is 0 Å². The molecule has 0 radical (unpaired) electrons. The zero-order valence-electron chi connectivity index (χ0n) is 15.1. The second-order valence-corrected chi connectivity index (χ2v) is 7.43. The van der Waals surface area contributed by atoms with E-state index in [-0.39, 0.29) is 17.6 Å². The molecule has 3 nitrogen and oxygen atoms in total. The van der Waals surface area contributed by atoms with Crippen LogP contribution >= 0.6 is 0 Å². The molecule has 1 amide bonds. The van der Waals surface area contributed by atoms with E-state index < -0.39 is 0 Å². The molecule has 2 aromatic carbocycles. The molecule has 0 aromatic heterocycles. The van der Waals surface area contributed by atoms with Crippen LogP contribution in [-0.4, -0.2) is 15.9 Å². The number of benzene rings is 2. The first-order valence-electron chi connectivity index (χ1n) is 9.05. The minimum Gasteiger partial charge on any atom is -0.507 e. The van der Waals surface area contributed by atoms with Crippen LogP contribution in [0.1, 0.15) is 64.4 Å². The highest BCUT2D eigenvalue weighted by molar-refractivity contribution is 5.99. The third kappa shape index (κ3) is 2.52. The number of carbonyl (C=O) groups is 1. The molecule has 1 aliphatic carbocycles. The Morgan fingerprint density at radius 2 is 1.85 bits per heavy atom. The average Bonchev–Trinajstić information content (AvgIpc) is 3.25. The van der Waals surface area contributed by atoms with Gasteiger partial charge in [-0.15, -0.1) is 0 Å². The Labute approximate surface area is 152 Å². The van der Waals surface area contributed by atoms with Crippen molar-refractivity contribution in [1.29, 1.82) is 0 Å². The summed E-state index contributed by atoms with van der Waals surface area (Å²) < 4.78 is 13.3. The first-order valence-corrected chi connectivity index (χ1v) is 9.05. The molecule has 0 saturated heterocycles. The van der Waals surface area contributed by atoms with Crippen molar-refractivity contribution in [2.45, 2.75) is 45.7 Å². The van der Waals surface area contributed by atoms with E-state index in [9.17, 15) is 14.3 Å². The van der Waals surface area contributed by atoms with Gasteiger partial charge in [-0.25, -0.2) is 4.39 Å². The first kappa shape index (κ1) is 16.8. The zero-order chi connectivity index (χ0) is 18.4. The third-order valence-corrected chi connectivity index (χ3v) is 5.51. The highest BCUT2D eigenvalue weighted by Gasteiger charge is 2.31. The number of phenols is 1. The number of nitrogens with zero attached hydrogens (tertiary/aromatic N) is 1. The molecule has 0 fully saturated rings. The van der Waals surface area contributed by atoms with Gasteiger partial charge in [0.2, 0.25) is 0 Å². The maximum absolute atomic E-state index is 13.3. The van der Waals surface area contributed by atoms with E-state index in [0.29, 0.717) is 49.0 Å². The number of phenolic OH excluding ortho intramolecular Hbond substituents is 1. The second-order valence-electron chi connectivity index (χ2n) is 7.43. The van der Waals surface area contributed by atoms with Gasteiger partial charge in [-0.3, -0.25) is 4.79 Å². The molecule has 0 spiro atoms. The Balaban J connectivity index is 1.76. The zero-order valence-corrected chi connectivity index (χ0v) is 15.1. The highest BCUT2D eigenvalue weighted by Crippen LogP contribution is 2.44. The minimum absolute atomic E-state index is 0.0159. The van der Waals surface area contributed by atoms with E-state index in [2.05, 4.69) is 0 Å². The van der Waals surface area contributed by atoms with Crippen LogP contribution in [0.25, 0.3) is 5.57 Å². The number of halogens is 1. The highest BCUT2D eigenvalue weighted by atomic mass is 19.1. The quantitative estimate of drug-likeness (QED) is 0.833. The van der Waals surface area contributed by atoms with Crippen LogP contribution in [0.2, 0.25) is 0 Å². The minimum atomic E-state index is -0.166. The lowest BCUT2D eigenvalue weighted by molar-refractivity contribution is 0.0748. The lowest BCUT2D eigenvalue weighted by Gasteiger charge is -2.21. The summed E-state index contributed by atoms with van der Waals surface area (Å²) in [6, 6.07) is 9.77. The second kappa shape index (κ2) is 6.27. The summed E-state index contributed by atoms with van der Waals surface area (Å²) >= 11 is 0. The van der Waals surface area contributed by atoms with Crippen molar-refractivity contribution in [3.05, 3.63) is 70.0 Å². The van der Waals surface area contributed by atoms with Crippen LogP contribution in [0, 0.1) is 0 Å². The maximum Gasteiger partial charge on any atom is 0.258 e. The summed E-state index contributed by atoms with van der Waals surface area (Å²) in [4.78, 5) is 14.9. The number of hydrogen-bond donors (Lipinski definition) is 1. The fourth-order valence-electron chi connectivity index (χ4n) is 4.13. The van der Waals surface area contributed by atoms with E-state index in [1.54, 1.807) is 11.0 Å². The summed E-state index contributed by atoms with van der Waals surface area (Å²) in [5.74, 6) is -0.0111. The maximum atomic E-state index is 13.3. The van der Waals surface area contributed by atoms with Crippen molar-refractivity contribution >= 4 is 11.5 Å². The summed E-state index contributed by atoms with van der Waals surface area (Å²) in [6.07, 6.45) is 1.76. The molecule has 1 N–H and O–H groups in total. The Bertz CT molecular complexity index is 905. The SMILES string of the molecule is CC(C)c1cc(C(=O)N2Cc3ccccc3C2)c(O)c2c1/C(=C\F)CC2. The number of fused-ring (bicyclic) bond motifs is 2. The monoisotopic (exact) mass is 351 g/mol. The smallest absolute Gasteiger partial charge is 0.258 e. The molecule has 0 unspecified atom stereocenters. The van der Waals surface area contributed by atoms with Crippen molar-refractivity contribution in [2.75, 3.05) is 0 Å². The van der Waals surface area contributed by atoms with Gasteiger partial charge in [-0.05, 0) is 52.7 Å². The standard InChI is InChI=1S/C22H22FNO2/c1-13(2)18-9-19(21(25)17-8-7-14(10-23)20(17)18)22(26)24-11-15-5-3-4-6-16(15)12-24/h3-6,9-10,13,25H,7-8,11-12H2,1-2H3/b14-10-. The summed E-state index contributed by atoms with van der Waals surface area (Å²) in [5.41, 5.74) is 5.68. The fraction of sp³-hybridized carbons (Fsp3) is 0.318. The van der Waals surface area contributed by atoms with Gasteiger partial charge in [0.15, 0.2) is 0 Å². The first-order chi connectivity index (χ1) is 12.5. The van der Waals surface area contributed by atoms with Crippen LogP contribution in [0.5, 0.6) is 5.75 Å². The van der Waals surface area contributed by atoms with Gasteiger partial charge >= 0.3 is 0 Å². The average molecular weight is 351 g/mol. The molecular weight excluding hydrogens is 329 g/mol. The van der Waals surface area contributed by atoms with Gasteiger partial charge in [0.1, 0.15) is 5.75 Å². The van der Waals surface area contributed by atoms with E-state index >= 15 is 0 Å². The van der Waals surface area contributed by atoms with Gasteiger partial charge in [0.05, 0.1) is 11.9 Å². The normalized spacial score (nSPS) is 17.1. The molecule has 2 aromatic rings. The van der Waals surface area contributed by atoms with Gasteiger partial charge < -0.3 is 10.0 Å². The van der Waals surface area contributed by atoms with Crippen LogP contribution in [0.15, 0.2) is 36.7 Å². The number of carbonyl (C=O) groups excluding carboxylic acids is 1. The molecule has 26 heavy (non-hydrogen) atoms. The van der Waals surface area contributed by atoms with Crippen LogP contribution in [0.3, 0.4) is 0 Å². The largest absolute Gasteiger partial charge is 0.507 e. The van der Waals surface area contributed by atoms with Crippen molar-refractivity contribution in [3.8, 4) is 5.75 Å². The molecule has 4 rings (SSSR count). The van der Waals surface area contributed by atoms with Crippen molar-refractivity contribution in [2.24, 2.45) is 0 Å². The fourth-order valence-corrected chi connectivity index (χ4v) is 4.13. The molecule has 1 aliphatic heterocycles. The lowest BCUT2D eigenvalue weighted by atomic mass is 9.89. The molecule has 0 saturated carbocycles. The Hall–Kier alpha value is -2.62. The molecule has 4 heteroatoms. The predicted octanol–water partition coefficient (Wildman–Crippen LogP) is 4.93. The van der Waals surface area contributed by atoms with E-state index in [0.717, 1.165) is 22.3 Å². The third-order valence-electron chi connectivity index (χ3n) is 5.51. The molecule has 0 bridgehead atoms. The Morgan fingerprint density at radius 3 is 2.42 bits per heavy atom. The number of amides is 1. The van der Waals surface area contributed by atoms with Crippen LogP contribution in [0.4, 0.5) is 4.39 Å². The van der Waals surface area contributed by atoms with E-state index in [1.165, 1.54) is 0 Å². The molecule has 1 heterocycles. The lowest BCUT2D eigenvalue weighted by Crippen LogP contribution is -2.26. The van der Waals surface area contributed by atoms with Gasteiger partial charge in [0, 0.05) is 18.7 Å². The van der Waals surface area contributed by atoms with Crippen molar-refractivity contribution in [1.82, 2.24) is 4.90 Å². The van der Waals surface area contributed by atoms with Gasteiger partial charge in [-0.1, -0.05) is 38.1 Å². The summed E-state index contributed by atoms with van der Waals surface area (Å²) in [5, 5.41) is 10.8. The van der Waals surface area contributed by atoms with Gasteiger partial charge in [0.25, 0.3) is 5.91 Å².